The summed E-state index contributed by atoms with van der Waals surface area (Å²) in [5.41, 5.74) is 0.975. The maximum atomic E-state index is 4.66. The Morgan fingerprint density at radius 3 is 2.50 bits per heavy atom. The summed E-state index contributed by atoms with van der Waals surface area (Å²) >= 11 is 0. The van der Waals surface area contributed by atoms with Gasteiger partial charge in [0.2, 0.25) is 0 Å². The number of pyridine rings is 1. The highest BCUT2D eigenvalue weighted by Crippen LogP contribution is 2.09. The molecule has 2 N–H and O–H groups in total. The molecule has 0 aliphatic carbocycles. The summed E-state index contributed by atoms with van der Waals surface area (Å²) in [6.45, 7) is 10.2. The lowest BCUT2D eigenvalue weighted by Gasteiger charge is -2.18. The first-order valence-electron chi connectivity index (χ1n) is 8.60. The van der Waals surface area contributed by atoms with Crippen LogP contribution in [0.15, 0.2) is 23.2 Å². The van der Waals surface area contributed by atoms with Gasteiger partial charge in [-0.2, -0.15) is 0 Å². The highest BCUT2D eigenvalue weighted by atomic mass is 127. The lowest BCUT2D eigenvalue weighted by Crippen LogP contribution is -2.42. The Labute approximate surface area is 164 Å². The number of nitrogens with zero attached hydrogens (tertiary/aromatic N) is 3. The van der Waals surface area contributed by atoms with Gasteiger partial charge >= 0.3 is 0 Å². The van der Waals surface area contributed by atoms with Gasteiger partial charge in [-0.3, -0.25) is 0 Å². The summed E-state index contributed by atoms with van der Waals surface area (Å²) in [6.07, 6.45) is 2.37. The molecule has 1 heterocycles. The van der Waals surface area contributed by atoms with Crippen molar-refractivity contribution in [3.05, 3.63) is 23.9 Å². The molecule has 6 heteroatoms. The van der Waals surface area contributed by atoms with Crippen LogP contribution in [0.2, 0.25) is 0 Å². The fourth-order valence-electron chi connectivity index (χ4n) is 2.17. The Hall–Kier alpha value is -1.05. The number of hydrogen-bond donors (Lipinski definition) is 2. The SMILES string of the molecule is CCNC(=NCc1cccc(N(C)C)n1)NC(C)CCC(C)C.I. The van der Waals surface area contributed by atoms with E-state index in [4.69, 9.17) is 0 Å². The van der Waals surface area contributed by atoms with Crippen LogP contribution in [0.3, 0.4) is 0 Å². The first-order chi connectivity index (χ1) is 10.9. The van der Waals surface area contributed by atoms with E-state index in [0.717, 1.165) is 36.4 Å². The quantitative estimate of drug-likeness (QED) is 0.363. The molecular formula is C18H34IN5. The molecule has 0 radical (unpaired) electrons. The molecule has 0 bridgehead atoms. The molecule has 0 amide bonds. The average Bonchev–Trinajstić information content (AvgIpc) is 2.51. The van der Waals surface area contributed by atoms with Crippen molar-refractivity contribution >= 4 is 35.8 Å². The van der Waals surface area contributed by atoms with Crippen LogP contribution < -0.4 is 15.5 Å². The Bertz CT molecular complexity index is 488. The van der Waals surface area contributed by atoms with Crippen LogP contribution in [-0.2, 0) is 6.54 Å². The minimum absolute atomic E-state index is 0. The first kappa shape index (κ1) is 22.9. The van der Waals surface area contributed by atoms with Crippen molar-refractivity contribution in [1.82, 2.24) is 15.6 Å². The minimum Gasteiger partial charge on any atom is -0.363 e. The van der Waals surface area contributed by atoms with E-state index in [2.05, 4.69) is 48.3 Å². The fraction of sp³-hybridized carbons (Fsp3) is 0.667. The van der Waals surface area contributed by atoms with Gasteiger partial charge in [0.15, 0.2) is 5.96 Å². The molecule has 0 saturated carbocycles. The molecule has 1 unspecified atom stereocenters. The second-order valence-electron chi connectivity index (χ2n) is 6.59. The van der Waals surface area contributed by atoms with Crippen molar-refractivity contribution in [3.8, 4) is 0 Å². The summed E-state index contributed by atoms with van der Waals surface area (Å²) in [5, 5.41) is 6.79. The molecule has 1 aromatic heterocycles. The van der Waals surface area contributed by atoms with Crippen molar-refractivity contribution in [2.45, 2.75) is 53.1 Å². The molecule has 1 atom stereocenters. The van der Waals surface area contributed by atoms with E-state index in [0.29, 0.717) is 12.6 Å². The van der Waals surface area contributed by atoms with Gasteiger partial charge in [0.25, 0.3) is 0 Å². The first-order valence-corrected chi connectivity index (χ1v) is 8.60. The third kappa shape index (κ3) is 9.30. The van der Waals surface area contributed by atoms with Crippen molar-refractivity contribution in [2.75, 3.05) is 25.5 Å². The summed E-state index contributed by atoms with van der Waals surface area (Å²) in [4.78, 5) is 11.3. The smallest absolute Gasteiger partial charge is 0.191 e. The summed E-state index contributed by atoms with van der Waals surface area (Å²) in [6, 6.07) is 6.46. The minimum atomic E-state index is 0. The van der Waals surface area contributed by atoms with Crippen LogP contribution in [0, 0.1) is 5.92 Å². The molecule has 138 valence electrons. The monoisotopic (exact) mass is 447 g/mol. The van der Waals surface area contributed by atoms with Crippen LogP contribution >= 0.6 is 24.0 Å². The number of nitrogens with one attached hydrogen (secondary N) is 2. The van der Waals surface area contributed by atoms with Crippen LogP contribution in [0.4, 0.5) is 5.82 Å². The van der Waals surface area contributed by atoms with E-state index >= 15 is 0 Å². The van der Waals surface area contributed by atoms with E-state index in [9.17, 15) is 0 Å². The van der Waals surface area contributed by atoms with Gasteiger partial charge in [0.1, 0.15) is 5.82 Å². The van der Waals surface area contributed by atoms with E-state index in [1.165, 1.54) is 6.42 Å². The summed E-state index contributed by atoms with van der Waals surface area (Å²) < 4.78 is 0. The van der Waals surface area contributed by atoms with Gasteiger partial charge in [-0.25, -0.2) is 9.98 Å². The van der Waals surface area contributed by atoms with Gasteiger partial charge in [-0.05, 0) is 44.7 Å². The van der Waals surface area contributed by atoms with Gasteiger partial charge in [0, 0.05) is 26.7 Å². The topological polar surface area (TPSA) is 52.6 Å². The maximum Gasteiger partial charge on any atom is 0.191 e. The molecular weight excluding hydrogens is 413 g/mol. The second kappa shape index (κ2) is 12.3. The van der Waals surface area contributed by atoms with Crippen molar-refractivity contribution in [3.63, 3.8) is 0 Å². The van der Waals surface area contributed by atoms with Crippen LogP contribution in [0.1, 0.15) is 46.2 Å². The Morgan fingerprint density at radius 1 is 1.21 bits per heavy atom. The van der Waals surface area contributed by atoms with Gasteiger partial charge < -0.3 is 15.5 Å². The predicted molar refractivity (Wildman–Crippen MR) is 115 cm³/mol. The van der Waals surface area contributed by atoms with Crippen LogP contribution in [0.5, 0.6) is 0 Å². The number of guanidine groups is 1. The average molecular weight is 447 g/mol. The number of aliphatic imine (C=N–C) groups is 1. The number of hydrogen-bond acceptors (Lipinski definition) is 3. The highest BCUT2D eigenvalue weighted by Gasteiger charge is 2.06. The molecule has 0 saturated heterocycles. The largest absolute Gasteiger partial charge is 0.363 e. The van der Waals surface area contributed by atoms with E-state index < -0.39 is 0 Å². The lowest BCUT2D eigenvalue weighted by atomic mass is 10.0. The van der Waals surface area contributed by atoms with Crippen LogP contribution in [-0.4, -0.2) is 37.6 Å². The zero-order chi connectivity index (χ0) is 17.2. The third-order valence-electron chi connectivity index (χ3n) is 3.55. The van der Waals surface area contributed by atoms with Gasteiger partial charge in [0.05, 0.1) is 12.2 Å². The summed E-state index contributed by atoms with van der Waals surface area (Å²) in [7, 11) is 3.99. The zero-order valence-electron chi connectivity index (χ0n) is 16.0. The number of anilines is 1. The number of halogens is 1. The van der Waals surface area contributed by atoms with Gasteiger partial charge in [-0.15, -0.1) is 24.0 Å². The lowest BCUT2D eigenvalue weighted by molar-refractivity contribution is 0.489. The highest BCUT2D eigenvalue weighted by molar-refractivity contribution is 14.0. The standard InChI is InChI=1S/C18H33N5.HI/c1-7-19-18(21-15(4)12-11-14(2)3)20-13-16-9-8-10-17(22-16)23(5)6;/h8-10,14-15H,7,11-13H2,1-6H3,(H2,19,20,21);1H. The van der Waals surface area contributed by atoms with E-state index in [1.807, 2.05) is 37.2 Å². The summed E-state index contributed by atoms with van der Waals surface area (Å²) in [5.74, 6) is 2.55. The van der Waals surface area contributed by atoms with Crippen molar-refractivity contribution < 1.29 is 0 Å². The molecule has 5 nitrogen and oxygen atoms in total. The number of aromatic nitrogens is 1. The Kier molecular flexibility index (Phi) is 11.8. The molecule has 24 heavy (non-hydrogen) atoms. The van der Waals surface area contributed by atoms with E-state index in [1.54, 1.807) is 0 Å². The second-order valence-corrected chi connectivity index (χ2v) is 6.59. The predicted octanol–water partition coefficient (Wildman–Crippen LogP) is 3.65. The van der Waals surface area contributed by atoms with Crippen molar-refractivity contribution in [2.24, 2.45) is 10.9 Å². The van der Waals surface area contributed by atoms with E-state index in [-0.39, 0.29) is 24.0 Å². The van der Waals surface area contributed by atoms with Crippen LogP contribution in [0.25, 0.3) is 0 Å². The molecule has 0 fully saturated rings. The molecule has 0 aliphatic heterocycles. The number of rotatable bonds is 8. The molecule has 0 spiro atoms. The molecule has 1 rings (SSSR count). The molecule has 0 aromatic carbocycles. The third-order valence-corrected chi connectivity index (χ3v) is 3.55. The normalized spacial score (nSPS) is 12.5. The zero-order valence-corrected chi connectivity index (χ0v) is 18.3. The Balaban J connectivity index is 0.00000529. The molecule has 1 aromatic rings. The fourth-order valence-corrected chi connectivity index (χ4v) is 2.17. The maximum absolute atomic E-state index is 4.66. The van der Waals surface area contributed by atoms with Crippen molar-refractivity contribution in [1.29, 1.82) is 0 Å². The van der Waals surface area contributed by atoms with Gasteiger partial charge in [-0.1, -0.05) is 19.9 Å². The Morgan fingerprint density at radius 2 is 1.92 bits per heavy atom. The molecule has 0 aliphatic rings.